The first-order chi connectivity index (χ1) is 10.7. The molecule has 0 saturated carbocycles. The largest absolute Gasteiger partial charge is 0.348 e. The second kappa shape index (κ2) is 9.03. The molecule has 0 heterocycles. The van der Waals surface area contributed by atoms with Crippen molar-refractivity contribution >= 4 is 33.4 Å². The summed E-state index contributed by atoms with van der Waals surface area (Å²) in [6.45, 7) is 8.59. The first-order valence-electron chi connectivity index (χ1n) is 7.85. The third-order valence-corrected chi connectivity index (χ3v) is 4.27. The molecule has 0 aliphatic carbocycles. The van der Waals surface area contributed by atoms with Crippen LogP contribution < -0.4 is 15.5 Å². The lowest BCUT2D eigenvalue weighted by atomic mass is 10.1. The summed E-state index contributed by atoms with van der Waals surface area (Å²) in [6.07, 6.45) is 0. The van der Waals surface area contributed by atoms with Crippen molar-refractivity contribution in [3.05, 3.63) is 28.2 Å². The van der Waals surface area contributed by atoms with Crippen LogP contribution in [0.1, 0.15) is 26.3 Å². The molecule has 0 aromatic heterocycles. The van der Waals surface area contributed by atoms with E-state index >= 15 is 0 Å². The number of carbonyl (C=O) groups is 2. The van der Waals surface area contributed by atoms with E-state index in [-0.39, 0.29) is 30.9 Å². The van der Waals surface area contributed by atoms with Crippen LogP contribution in [0.15, 0.2) is 22.7 Å². The standard InChI is InChI=1S/C17H26BrN3O2/c1-11(2)13(4)19-16(22)9-21(5)10-17(23)20-15-7-6-14(18)8-12(15)3/h6-8,11,13H,9-10H2,1-5H3,(H,19,22)(H,20,23)/p+1/t13-/m1/s1. The monoisotopic (exact) mass is 384 g/mol. The van der Waals surface area contributed by atoms with Gasteiger partial charge in [-0.15, -0.1) is 0 Å². The second-order valence-corrected chi connectivity index (χ2v) is 7.33. The van der Waals surface area contributed by atoms with Crippen molar-refractivity contribution in [2.24, 2.45) is 5.92 Å². The Kier molecular flexibility index (Phi) is 7.72. The second-order valence-electron chi connectivity index (χ2n) is 6.42. The average molecular weight is 385 g/mol. The van der Waals surface area contributed by atoms with Gasteiger partial charge in [-0.3, -0.25) is 9.59 Å². The molecule has 2 atom stereocenters. The van der Waals surface area contributed by atoms with Crippen molar-refractivity contribution in [1.29, 1.82) is 0 Å². The maximum atomic E-state index is 12.1. The number of rotatable bonds is 7. The zero-order valence-electron chi connectivity index (χ0n) is 14.5. The van der Waals surface area contributed by atoms with Crippen LogP contribution in [0.3, 0.4) is 0 Å². The predicted octanol–water partition coefficient (Wildman–Crippen LogP) is 1.37. The Labute approximate surface area is 146 Å². The van der Waals surface area contributed by atoms with Crippen LogP contribution in [0, 0.1) is 12.8 Å². The molecule has 128 valence electrons. The quantitative estimate of drug-likeness (QED) is 0.664. The molecule has 0 saturated heterocycles. The molecule has 0 spiro atoms. The molecule has 0 radical (unpaired) electrons. The molecule has 6 heteroatoms. The normalized spacial score (nSPS) is 13.5. The first-order valence-corrected chi connectivity index (χ1v) is 8.65. The molecule has 2 amide bonds. The van der Waals surface area contributed by atoms with Crippen molar-refractivity contribution in [2.45, 2.75) is 33.7 Å². The van der Waals surface area contributed by atoms with Crippen LogP contribution in [0.2, 0.25) is 0 Å². The SMILES string of the molecule is Cc1cc(Br)ccc1NC(=O)C[NH+](C)CC(=O)N[C@H](C)C(C)C. The van der Waals surface area contributed by atoms with Crippen molar-refractivity contribution in [1.82, 2.24) is 5.32 Å². The van der Waals surface area contributed by atoms with Gasteiger partial charge in [0, 0.05) is 16.2 Å². The molecule has 23 heavy (non-hydrogen) atoms. The molecule has 1 aromatic rings. The number of likely N-dealkylation sites (N-methyl/N-ethyl adjacent to an activating group) is 1. The predicted molar refractivity (Wildman–Crippen MR) is 96.6 cm³/mol. The Morgan fingerprint density at radius 3 is 2.35 bits per heavy atom. The van der Waals surface area contributed by atoms with Gasteiger partial charge in [-0.2, -0.15) is 0 Å². The van der Waals surface area contributed by atoms with Crippen molar-refractivity contribution in [2.75, 3.05) is 25.5 Å². The fourth-order valence-electron chi connectivity index (χ4n) is 2.04. The minimum absolute atomic E-state index is 0.0312. The molecular weight excluding hydrogens is 358 g/mol. The number of carbonyl (C=O) groups excluding carboxylic acids is 2. The minimum Gasteiger partial charge on any atom is -0.348 e. The number of nitrogens with one attached hydrogen (secondary N) is 3. The number of hydrogen-bond donors (Lipinski definition) is 3. The van der Waals surface area contributed by atoms with E-state index in [2.05, 4.69) is 40.4 Å². The smallest absolute Gasteiger partial charge is 0.279 e. The van der Waals surface area contributed by atoms with Crippen LogP contribution >= 0.6 is 15.9 Å². The molecule has 0 aliphatic heterocycles. The van der Waals surface area contributed by atoms with Crippen molar-refractivity contribution in [3.8, 4) is 0 Å². The third-order valence-electron chi connectivity index (χ3n) is 3.78. The van der Waals surface area contributed by atoms with Gasteiger partial charge in [0.15, 0.2) is 13.1 Å². The summed E-state index contributed by atoms with van der Waals surface area (Å²) in [5, 5.41) is 5.84. The molecular formula is C17H27BrN3O2+. The van der Waals surface area contributed by atoms with E-state index in [0.717, 1.165) is 20.6 Å². The highest BCUT2D eigenvalue weighted by atomic mass is 79.9. The van der Waals surface area contributed by atoms with Gasteiger partial charge in [-0.1, -0.05) is 29.8 Å². The summed E-state index contributed by atoms with van der Waals surface area (Å²) in [7, 11) is 1.84. The lowest BCUT2D eigenvalue weighted by Crippen LogP contribution is -3.11. The Balaban J connectivity index is 2.46. The highest BCUT2D eigenvalue weighted by Crippen LogP contribution is 2.19. The average Bonchev–Trinajstić information content (AvgIpc) is 2.41. The summed E-state index contributed by atoms with van der Waals surface area (Å²) >= 11 is 3.40. The summed E-state index contributed by atoms with van der Waals surface area (Å²) < 4.78 is 0.978. The van der Waals surface area contributed by atoms with Gasteiger partial charge >= 0.3 is 0 Å². The Hall–Kier alpha value is -1.40. The summed E-state index contributed by atoms with van der Waals surface area (Å²) in [6, 6.07) is 5.84. The van der Waals surface area contributed by atoms with E-state index < -0.39 is 0 Å². The number of quaternary nitrogens is 1. The van der Waals surface area contributed by atoms with Gasteiger partial charge in [0.1, 0.15) is 0 Å². The van der Waals surface area contributed by atoms with E-state index in [1.165, 1.54) is 0 Å². The Morgan fingerprint density at radius 2 is 1.78 bits per heavy atom. The molecule has 1 unspecified atom stereocenters. The molecule has 0 bridgehead atoms. The number of hydrogen-bond acceptors (Lipinski definition) is 2. The Morgan fingerprint density at radius 1 is 1.17 bits per heavy atom. The number of aryl methyl sites for hydroxylation is 1. The van der Waals surface area contributed by atoms with Crippen LogP contribution in [-0.2, 0) is 9.59 Å². The Bertz CT molecular complexity index is 561. The van der Waals surface area contributed by atoms with Gasteiger partial charge in [0.05, 0.1) is 7.05 Å². The first kappa shape index (κ1) is 19.6. The molecule has 0 fully saturated rings. The van der Waals surface area contributed by atoms with E-state index in [1.54, 1.807) is 0 Å². The van der Waals surface area contributed by atoms with Crippen LogP contribution in [0.5, 0.6) is 0 Å². The zero-order valence-corrected chi connectivity index (χ0v) is 16.1. The van der Waals surface area contributed by atoms with E-state index in [4.69, 9.17) is 0 Å². The maximum Gasteiger partial charge on any atom is 0.279 e. The van der Waals surface area contributed by atoms with E-state index in [0.29, 0.717) is 5.92 Å². The van der Waals surface area contributed by atoms with Gasteiger partial charge in [-0.05, 0) is 43.5 Å². The molecule has 3 N–H and O–H groups in total. The zero-order chi connectivity index (χ0) is 17.6. The van der Waals surface area contributed by atoms with E-state index in [1.807, 2.05) is 39.1 Å². The van der Waals surface area contributed by atoms with Crippen molar-refractivity contribution < 1.29 is 14.5 Å². The summed E-state index contributed by atoms with van der Waals surface area (Å²) in [4.78, 5) is 24.9. The number of anilines is 1. The third kappa shape index (κ3) is 7.14. The fourth-order valence-corrected chi connectivity index (χ4v) is 2.52. The molecule has 5 nitrogen and oxygen atoms in total. The minimum atomic E-state index is -0.0994. The lowest BCUT2D eigenvalue weighted by Gasteiger charge is -2.19. The fraction of sp³-hybridized carbons (Fsp3) is 0.529. The van der Waals surface area contributed by atoms with Crippen LogP contribution in [0.4, 0.5) is 5.69 Å². The van der Waals surface area contributed by atoms with Crippen molar-refractivity contribution in [3.63, 3.8) is 0 Å². The molecule has 1 aromatic carbocycles. The lowest BCUT2D eigenvalue weighted by molar-refractivity contribution is -0.862. The number of halogens is 1. The van der Waals surface area contributed by atoms with Crippen LogP contribution in [0.25, 0.3) is 0 Å². The molecule has 1 rings (SSSR count). The number of benzene rings is 1. The molecule has 0 aliphatic rings. The summed E-state index contributed by atoms with van der Waals surface area (Å²) in [5.41, 5.74) is 1.79. The summed E-state index contributed by atoms with van der Waals surface area (Å²) in [5.74, 6) is 0.261. The highest BCUT2D eigenvalue weighted by Gasteiger charge is 2.17. The van der Waals surface area contributed by atoms with Crippen LogP contribution in [-0.4, -0.2) is 38.0 Å². The van der Waals surface area contributed by atoms with E-state index in [9.17, 15) is 9.59 Å². The van der Waals surface area contributed by atoms with Gasteiger partial charge in [-0.25, -0.2) is 0 Å². The highest BCUT2D eigenvalue weighted by molar-refractivity contribution is 9.10. The van der Waals surface area contributed by atoms with Gasteiger partial charge < -0.3 is 15.5 Å². The number of amides is 2. The topological polar surface area (TPSA) is 62.6 Å². The van der Waals surface area contributed by atoms with Gasteiger partial charge in [0.2, 0.25) is 0 Å². The van der Waals surface area contributed by atoms with Gasteiger partial charge in [0.25, 0.3) is 11.8 Å². The maximum absolute atomic E-state index is 12.1.